The first kappa shape index (κ1) is 28.1. The van der Waals surface area contributed by atoms with Gasteiger partial charge in [0.2, 0.25) is 11.9 Å². The van der Waals surface area contributed by atoms with Crippen molar-refractivity contribution in [1.82, 2.24) is 19.9 Å². The summed E-state index contributed by atoms with van der Waals surface area (Å²) in [4.78, 5) is 33.9. The smallest absolute Gasteiger partial charge is 0.328 e. The molecular formula is C28H34N6O5S2. The third-order valence-corrected chi connectivity index (χ3v) is 8.96. The van der Waals surface area contributed by atoms with E-state index in [0.717, 1.165) is 31.2 Å². The van der Waals surface area contributed by atoms with Crippen LogP contribution in [0.3, 0.4) is 0 Å². The van der Waals surface area contributed by atoms with E-state index in [9.17, 15) is 4.79 Å². The van der Waals surface area contributed by atoms with Gasteiger partial charge in [-0.05, 0) is 36.6 Å². The van der Waals surface area contributed by atoms with E-state index in [1.54, 1.807) is 13.2 Å². The van der Waals surface area contributed by atoms with Crippen LogP contribution in [0.4, 0.5) is 11.9 Å². The van der Waals surface area contributed by atoms with E-state index < -0.39 is 0 Å². The Balaban J connectivity index is 1.24. The molecule has 11 nitrogen and oxygen atoms in total. The number of morpholine rings is 2. The van der Waals surface area contributed by atoms with E-state index in [0.29, 0.717) is 85.2 Å². The molecule has 1 aromatic carbocycles. The summed E-state index contributed by atoms with van der Waals surface area (Å²) in [6.07, 6.45) is 7.40. The second-order valence-electron chi connectivity index (χ2n) is 10.3. The highest BCUT2D eigenvalue weighted by Crippen LogP contribution is 2.39. The van der Waals surface area contributed by atoms with Gasteiger partial charge in [0.15, 0.2) is 11.5 Å². The fourth-order valence-electron chi connectivity index (χ4n) is 5.43. The minimum atomic E-state index is -0.0114. The zero-order valence-corrected chi connectivity index (χ0v) is 24.8. The summed E-state index contributed by atoms with van der Waals surface area (Å²) in [7, 11) is 1.58. The van der Waals surface area contributed by atoms with Crippen LogP contribution in [0.2, 0.25) is 0 Å². The summed E-state index contributed by atoms with van der Waals surface area (Å²) in [6, 6.07) is 5.92. The third-order valence-electron chi connectivity index (χ3n) is 7.63. The maximum atomic E-state index is 13.3. The standard InChI is InChI=1S/C28H34N6O5S2/c1-36-22-17-19(18-23-24(35)34(28(40)41-23)20-5-3-2-4-6-20)7-8-21(22)39-27-30-25(32-9-13-37-14-10-32)29-26(31-27)33-11-15-38-16-12-33/h7-8,17-18,20H,2-6,9-16H2,1H3/b23-18+. The average Bonchev–Trinajstić information content (AvgIpc) is 3.30. The summed E-state index contributed by atoms with van der Waals surface area (Å²) < 4.78 is 23.5. The van der Waals surface area contributed by atoms with Gasteiger partial charge < -0.3 is 28.7 Å². The lowest BCUT2D eigenvalue weighted by Crippen LogP contribution is -2.40. The highest BCUT2D eigenvalue weighted by molar-refractivity contribution is 8.26. The summed E-state index contributed by atoms with van der Waals surface area (Å²) in [5.74, 6) is 2.06. The Morgan fingerprint density at radius 3 is 2.17 bits per heavy atom. The SMILES string of the molecule is COc1cc(/C=C2/SC(=S)N(C3CCCCC3)C2=O)ccc1Oc1nc(N2CCOCC2)nc(N2CCOCC2)n1. The van der Waals surface area contributed by atoms with Crippen LogP contribution >= 0.6 is 24.0 Å². The number of carbonyl (C=O) groups excluding carboxylic acids is 1. The lowest BCUT2D eigenvalue weighted by atomic mass is 9.94. The number of rotatable bonds is 7. The Morgan fingerprint density at radius 1 is 0.927 bits per heavy atom. The van der Waals surface area contributed by atoms with Gasteiger partial charge in [-0.15, -0.1) is 0 Å². The molecule has 6 rings (SSSR count). The number of amides is 1. The predicted molar refractivity (Wildman–Crippen MR) is 161 cm³/mol. The van der Waals surface area contributed by atoms with Crippen LogP contribution in [0.5, 0.6) is 17.5 Å². The van der Waals surface area contributed by atoms with Gasteiger partial charge in [0, 0.05) is 32.2 Å². The van der Waals surface area contributed by atoms with Crippen LogP contribution in [-0.4, -0.2) is 95.8 Å². The molecule has 0 radical (unpaired) electrons. The molecule has 4 aliphatic rings. The van der Waals surface area contributed by atoms with Crippen molar-refractivity contribution in [1.29, 1.82) is 0 Å². The molecule has 41 heavy (non-hydrogen) atoms. The highest BCUT2D eigenvalue weighted by Gasteiger charge is 2.37. The third kappa shape index (κ3) is 6.42. The van der Waals surface area contributed by atoms with Crippen LogP contribution in [0.1, 0.15) is 37.7 Å². The molecule has 0 spiro atoms. The number of ether oxygens (including phenoxy) is 4. The summed E-state index contributed by atoms with van der Waals surface area (Å²) in [5, 5.41) is 0. The Hall–Kier alpha value is -3.00. The van der Waals surface area contributed by atoms with E-state index in [4.69, 9.17) is 36.1 Å². The van der Waals surface area contributed by atoms with Gasteiger partial charge >= 0.3 is 6.01 Å². The van der Waals surface area contributed by atoms with Gasteiger partial charge in [-0.1, -0.05) is 49.3 Å². The zero-order chi connectivity index (χ0) is 28.2. The van der Waals surface area contributed by atoms with Crippen molar-refractivity contribution in [2.24, 2.45) is 0 Å². The van der Waals surface area contributed by atoms with Gasteiger partial charge in [-0.3, -0.25) is 9.69 Å². The molecule has 2 aromatic rings. The van der Waals surface area contributed by atoms with Crippen molar-refractivity contribution in [2.45, 2.75) is 38.1 Å². The minimum Gasteiger partial charge on any atom is -0.493 e. The van der Waals surface area contributed by atoms with Gasteiger partial charge in [0.25, 0.3) is 5.91 Å². The number of benzene rings is 1. The average molecular weight is 599 g/mol. The molecule has 3 saturated heterocycles. The van der Waals surface area contributed by atoms with Crippen LogP contribution in [0.25, 0.3) is 6.08 Å². The molecule has 1 amide bonds. The fourth-order valence-corrected chi connectivity index (χ4v) is 6.83. The van der Waals surface area contributed by atoms with E-state index >= 15 is 0 Å². The maximum Gasteiger partial charge on any atom is 0.328 e. The maximum absolute atomic E-state index is 13.3. The van der Waals surface area contributed by atoms with Crippen molar-refractivity contribution >= 4 is 52.2 Å². The van der Waals surface area contributed by atoms with Gasteiger partial charge in [-0.25, -0.2) is 0 Å². The van der Waals surface area contributed by atoms with Gasteiger partial charge in [-0.2, -0.15) is 15.0 Å². The number of carbonyl (C=O) groups is 1. The second kappa shape index (κ2) is 12.9. The van der Waals surface area contributed by atoms with Crippen molar-refractivity contribution in [2.75, 3.05) is 69.5 Å². The molecule has 1 aromatic heterocycles. The second-order valence-corrected chi connectivity index (χ2v) is 11.9. The molecule has 4 fully saturated rings. The number of nitrogens with zero attached hydrogens (tertiary/aromatic N) is 6. The van der Waals surface area contributed by atoms with Crippen molar-refractivity contribution < 1.29 is 23.7 Å². The van der Waals surface area contributed by atoms with Crippen LogP contribution < -0.4 is 19.3 Å². The number of hydrogen-bond donors (Lipinski definition) is 0. The first-order valence-corrected chi connectivity index (χ1v) is 15.4. The first-order valence-electron chi connectivity index (χ1n) is 14.1. The number of thioether (sulfide) groups is 1. The molecular weight excluding hydrogens is 564 g/mol. The van der Waals surface area contributed by atoms with Gasteiger partial charge in [0.05, 0.1) is 38.4 Å². The lowest BCUT2D eigenvalue weighted by Gasteiger charge is -2.30. The number of aromatic nitrogens is 3. The normalized spacial score (nSPS) is 21.6. The van der Waals surface area contributed by atoms with Crippen LogP contribution in [0, 0.1) is 0 Å². The fraction of sp³-hybridized carbons (Fsp3) is 0.536. The molecule has 0 atom stereocenters. The van der Waals surface area contributed by atoms with E-state index in [2.05, 4.69) is 19.8 Å². The molecule has 13 heteroatoms. The molecule has 3 aliphatic heterocycles. The highest BCUT2D eigenvalue weighted by atomic mass is 32.2. The molecule has 0 bridgehead atoms. The predicted octanol–water partition coefficient (Wildman–Crippen LogP) is 3.88. The summed E-state index contributed by atoms with van der Waals surface area (Å²) in [6.45, 7) is 5.22. The minimum absolute atomic E-state index is 0.0114. The Kier molecular flexibility index (Phi) is 8.84. The molecule has 218 valence electrons. The molecule has 4 heterocycles. The van der Waals surface area contributed by atoms with Crippen molar-refractivity contribution in [3.63, 3.8) is 0 Å². The number of methoxy groups -OCH3 is 1. The van der Waals surface area contributed by atoms with E-state index in [-0.39, 0.29) is 18.0 Å². The number of hydrogen-bond acceptors (Lipinski definition) is 12. The number of anilines is 2. The van der Waals surface area contributed by atoms with Crippen LogP contribution in [0.15, 0.2) is 23.1 Å². The topological polar surface area (TPSA) is 102 Å². The molecule has 1 aliphatic carbocycles. The molecule has 0 N–H and O–H groups in total. The Bertz CT molecular complexity index is 1270. The molecule has 1 saturated carbocycles. The Morgan fingerprint density at radius 2 is 1.56 bits per heavy atom. The summed E-state index contributed by atoms with van der Waals surface area (Å²) >= 11 is 6.96. The lowest BCUT2D eigenvalue weighted by molar-refractivity contribution is -0.124. The summed E-state index contributed by atoms with van der Waals surface area (Å²) in [5.41, 5.74) is 0.817. The van der Waals surface area contributed by atoms with E-state index in [1.165, 1.54) is 18.2 Å². The zero-order valence-electron chi connectivity index (χ0n) is 23.1. The van der Waals surface area contributed by atoms with Gasteiger partial charge in [0.1, 0.15) is 4.32 Å². The number of thiocarbonyl (C=S) groups is 1. The van der Waals surface area contributed by atoms with E-state index in [1.807, 2.05) is 23.1 Å². The Labute approximate surface area is 249 Å². The van der Waals surface area contributed by atoms with Crippen LogP contribution in [-0.2, 0) is 14.3 Å². The quantitative estimate of drug-likeness (QED) is 0.341. The van der Waals surface area contributed by atoms with Crippen molar-refractivity contribution in [3.05, 3.63) is 28.7 Å². The largest absolute Gasteiger partial charge is 0.493 e. The molecule has 0 unspecified atom stereocenters. The monoisotopic (exact) mass is 598 g/mol. The van der Waals surface area contributed by atoms with Crippen molar-refractivity contribution in [3.8, 4) is 17.5 Å². The first-order chi connectivity index (χ1) is 20.1.